The normalized spacial score (nSPS) is 12.8. The largest absolute Gasteiger partial charge is 0.444 e. The zero-order valence-electron chi connectivity index (χ0n) is 24.8. The van der Waals surface area contributed by atoms with Crippen LogP contribution in [0.2, 0.25) is 0 Å². The molecule has 220 valence electrons. The highest BCUT2D eigenvalue weighted by atomic mass is 16.6. The van der Waals surface area contributed by atoms with Gasteiger partial charge in [-0.15, -0.1) is 0 Å². The van der Waals surface area contributed by atoms with Gasteiger partial charge in [0.15, 0.2) is 0 Å². The summed E-state index contributed by atoms with van der Waals surface area (Å²) in [6.07, 6.45) is 2.72. The van der Waals surface area contributed by atoms with Crippen molar-refractivity contribution in [2.45, 2.75) is 78.0 Å². The molecular weight excluding hydrogens is 518 g/mol. The number of fused-ring (bicyclic) bond motifs is 1. The first kappa shape index (κ1) is 31.6. The van der Waals surface area contributed by atoms with Crippen molar-refractivity contribution in [1.82, 2.24) is 10.2 Å². The van der Waals surface area contributed by atoms with Crippen molar-refractivity contribution in [3.05, 3.63) is 77.9 Å². The number of alkyl carbamates (subject to hydrolysis) is 1. The molecule has 2 unspecified atom stereocenters. The average molecular weight is 562 g/mol. The lowest BCUT2D eigenvalue weighted by atomic mass is 9.97. The predicted molar refractivity (Wildman–Crippen MR) is 163 cm³/mol. The van der Waals surface area contributed by atoms with E-state index in [1.807, 2.05) is 73.7 Å². The van der Waals surface area contributed by atoms with Gasteiger partial charge in [-0.25, -0.2) is 4.79 Å². The molecule has 0 saturated heterocycles. The summed E-state index contributed by atoms with van der Waals surface area (Å²) < 4.78 is 5.33. The van der Waals surface area contributed by atoms with E-state index in [0.29, 0.717) is 17.7 Å². The van der Waals surface area contributed by atoms with Crippen LogP contribution >= 0.6 is 0 Å². The predicted octanol–water partition coefficient (Wildman–Crippen LogP) is 6.12. The van der Waals surface area contributed by atoms with Gasteiger partial charge in [-0.05, 0) is 68.1 Å². The standard InChI is InChI=1S/C33H43N3O5/c1-6-7-8-13-20-36(31(39)28(22-37)35-32(40)41-33(3,4)5)29(27-17-12-9-14-23(27)2)30(38)34-26-19-18-24-15-10-11-16-25(24)21-26/h9-12,14-19,21,28-29,37H,6-8,13,20,22H2,1-5H3,(H,34,38)(H,35,40). The van der Waals surface area contributed by atoms with Gasteiger partial charge in [0.2, 0.25) is 5.91 Å². The molecule has 0 bridgehead atoms. The fraction of sp³-hybridized carbons (Fsp3) is 0.424. The number of hydrogen-bond donors (Lipinski definition) is 3. The molecule has 0 saturated carbocycles. The summed E-state index contributed by atoms with van der Waals surface area (Å²) in [6.45, 7) is 8.78. The van der Waals surface area contributed by atoms with Crippen LogP contribution in [0.15, 0.2) is 66.7 Å². The van der Waals surface area contributed by atoms with Crippen LogP contribution in [0.25, 0.3) is 10.8 Å². The van der Waals surface area contributed by atoms with Crippen molar-refractivity contribution in [2.75, 3.05) is 18.5 Å². The molecule has 0 aromatic heterocycles. The average Bonchev–Trinajstić information content (AvgIpc) is 2.92. The first-order valence-corrected chi connectivity index (χ1v) is 14.3. The van der Waals surface area contributed by atoms with E-state index in [1.165, 1.54) is 4.90 Å². The number of aryl methyl sites for hydroxylation is 1. The minimum atomic E-state index is -1.28. The zero-order chi connectivity index (χ0) is 30.0. The molecule has 0 heterocycles. The fourth-order valence-electron chi connectivity index (χ4n) is 4.73. The summed E-state index contributed by atoms with van der Waals surface area (Å²) >= 11 is 0. The maximum Gasteiger partial charge on any atom is 0.408 e. The molecule has 0 aliphatic rings. The highest BCUT2D eigenvalue weighted by molar-refractivity contribution is 6.00. The van der Waals surface area contributed by atoms with E-state index in [2.05, 4.69) is 17.6 Å². The SMILES string of the molecule is CCCCCCN(C(=O)C(CO)NC(=O)OC(C)(C)C)C(C(=O)Nc1ccc2ccccc2c1)c1ccccc1C. The molecular formula is C33H43N3O5. The van der Waals surface area contributed by atoms with E-state index < -0.39 is 36.3 Å². The second-order valence-corrected chi connectivity index (χ2v) is 11.3. The number of amides is 3. The molecule has 3 amide bonds. The Labute approximate surface area is 243 Å². The third kappa shape index (κ3) is 9.05. The molecule has 0 aliphatic carbocycles. The van der Waals surface area contributed by atoms with E-state index in [-0.39, 0.29) is 12.5 Å². The number of ether oxygens (including phenoxy) is 1. The molecule has 3 aromatic rings. The van der Waals surface area contributed by atoms with Crippen molar-refractivity contribution >= 4 is 34.4 Å². The summed E-state index contributed by atoms with van der Waals surface area (Å²) in [5, 5.41) is 17.7. The van der Waals surface area contributed by atoms with E-state index in [9.17, 15) is 19.5 Å². The molecule has 2 atom stereocenters. The molecule has 3 rings (SSSR count). The van der Waals surface area contributed by atoms with Crippen LogP contribution in [-0.4, -0.2) is 52.7 Å². The number of carbonyl (C=O) groups is 3. The quantitative estimate of drug-likeness (QED) is 0.231. The minimum absolute atomic E-state index is 0.273. The molecule has 3 N–H and O–H groups in total. The second kappa shape index (κ2) is 14.6. The van der Waals surface area contributed by atoms with Crippen molar-refractivity contribution in [3.8, 4) is 0 Å². The Bertz CT molecular complexity index is 1330. The fourth-order valence-corrected chi connectivity index (χ4v) is 4.73. The number of carbonyl (C=O) groups excluding carboxylic acids is 3. The second-order valence-electron chi connectivity index (χ2n) is 11.3. The lowest BCUT2D eigenvalue weighted by molar-refractivity contribution is -0.141. The summed E-state index contributed by atoms with van der Waals surface area (Å²) in [5.74, 6) is -0.941. The van der Waals surface area contributed by atoms with Crippen LogP contribution in [0.1, 0.15) is 70.5 Å². The highest BCUT2D eigenvalue weighted by Crippen LogP contribution is 2.28. The number of aliphatic hydroxyl groups excluding tert-OH is 1. The Morgan fingerprint density at radius 3 is 2.27 bits per heavy atom. The molecule has 0 fully saturated rings. The van der Waals surface area contributed by atoms with E-state index in [4.69, 9.17) is 4.74 Å². The maximum absolute atomic E-state index is 14.1. The first-order chi connectivity index (χ1) is 19.5. The minimum Gasteiger partial charge on any atom is -0.444 e. The smallest absolute Gasteiger partial charge is 0.408 e. The van der Waals surface area contributed by atoms with Crippen LogP contribution < -0.4 is 10.6 Å². The van der Waals surface area contributed by atoms with Gasteiger partial charge in [-0.2, -0.15) is 0 Å². The molecule has 41 heavy (non-hydrogen) atoms. The molecule has 0 radical (unpaired) electrons. The zero-order valence-corrected chi connectivity index (χ0v) is 24.8. The van der Waals surface area contributed by atoms with Gasteiger partial charge in [-0.3, -0.25) is 9.59 Å². The Morgan fingerprint density at radius 1 is 0.927 bits per heavy atom. The molecule has 8 heteroatoms. The van der Waals surface area contributed by atoms with Crippen LogP contribution in [-0.2, 0) is 14.3 Å². The highest BCUT2D eigenvalue weighted by Gasteiger charge is 2.36. The third-order valence-electron chi connectivity index (χ3n) is 6.77. The summed E-state index contributed by atoms with van der Waals surface area (Å²) in [6, 6.07) is 18.7. The molecule has 8 nitrogen and oxygen atoms in total. The van der Waals surface area contributed by atoms with Gasteiger partial charge < -0.3 is 25.4 Å². The Morgan fingerprint density at radius 2 is 1.61 bits per heavy atom. The van der Waals surface area contributed by atoms with Crippen molar-refractivity contribution < 1.29 is 24.2 Å². The van der Waals surface area contributed by atoms with Crippen LogP contribution in [0.5, 0.6) is 0 Å². The lowest BCUT2D eigenvalue weighted by Gasteiger charge is -2.34. The first-order valence-electron chi connectivity index (χ1n) is 14.3. The van der Waals surface area contributed by atoms with Crippen LogP contribution in [0, 0.1) is 6.92 Å². The number of anilines is 1. The van der Waals surface area contributed by atoms with Gasteiger partial charge in [0, 0.05) is 12.2 Å². The number of benzene rings is 3. The molecule has 3 aromatic carbocycles. The molecule has 0 spiro atoms. The summed E-state index contributed by atoms with van der Waals surface area (Å²) in [7, 11) is 0. The lowest BCUT2D eigenvalue weighted by Crippen LogP contribution is -2.54. The number of unbranched alkanes of at least 4 members (excludes halogenated alkanes) is 3. The summed E-state index contributed by atoms with van der Waals surface area (Å²) in [4.78, 5) is 42.1. The van der Waals surface area contributed by atoms with E-state index >= 15 is 0 Å². The maximum atomic E-state index is 14.1. The van der Waals surface area contributed by atoms with Crippen molar-refractivity contribution in [2.24, 2.45) is 0 Å². The van der Waals surface area contributed by atoms with Gasteiger partial charge in [0.25, 0.3) is 5.91 Å². The van der Waals surface area contributed by atoms with Gasteiger partial charge in [0.05, 0.1) is 6.61 Å². The number of nitrogens with one attached hydrogen (secondary N) is 2. The number of rotatable bonds is 12. The third-order valence-corrected chi connectivity index (χ3v) is 6.77. The molecule has 0 aliphatic heterocycles. The Balaban J connectivity index is 1.99. The van der Waals surface area contributed by atoms with E-state index in [1.54, 1.807) is 20.8 Å². The number of aliphatic hydroxyl groups is 1. The van der Waals surface area contributed by atoms with Gasteiger partial charge >= 0.3 is 6.09 Å². The topological polar surface area (TPSA) is 108 Å². The Hall–Kier alpha value is -3.91. The van der Waals surface area contributed by atoms with Gasteiger partial charge in [-0.1, -0.05) is 80.8 Å². The Kier molecular flexibility index (Phi) is 11.3. The number of hydrogen-bond acceptors (Lipinski definition) is 5. The van der Waals surface area contributed by atoms with Crippen molar-refractivity contribution in [3.63, 3.8) is 0 Å². The number of nitrogens with zero attached hydrogens (tertiary/aromatic N) is 1. The van der Waals surface area contributed by atoms with Crippen molar-refractivity contribution in [1.29, 1.82) is 0 Å². The summed E-state index contributed by atoms with van der Waals surface area (Å²) in [5.41, 5.74) is 1.34. The van der Waals surface area contributed by atoms with E-state index in [0.717, 1.165) is 35.6 Å². The van der Waals surface area contributed by atoms with Crippen LogP contribution in [0.4, 0.5) is 10.5 Å². The van der Waals surface area contributed by atoms with Gasteiger partial charge in [0.1, 0.15) is 17.7 Å². The van der Waals surface area contributed by atoms with Crippen LogP contribution in [0.3, 0.4) is 0 Å². The monoisotopic (exact) mass is 561 g/mol.